The fourth-order valence-corrected chi connectivity index (χ4v) is 0.864. The number of amides is 2. The lowest BCUT2D eigenvalue weighted by molar-refractivity contribution is 0.248. The Labute approximate surface area is 84.5 Å². The summed E-state index contributed by atoms with van der Waals surface area (Å²) in [5.74, 6) is 0. The maximum atomic E-state index is 10.4. The first-order valence-electron chi connectivity index (χ1n) is 4.63. The lowest BCUT2D eigenvalue weighted by atomic mass is 10.2. The first-order chi connectivity index (χ1) is 6.70. The fourth-order valence-electron chi connectivity index (χ4n) is 0.864. The zero-order valence-electron chi connectivity index (χ0n) is 8.87. The Morgan fingerprint density at radius 2 is 2.21 bits per heavy atom. The van der Waals surface area contributed by atoms with Crippen LogP contribution in [0.3, 0.4) is 0 Å². The predicted octanol–water partition coefficient (Wildman–Crippen LogP) is 1.58. The van der Waals surface area contributed by atoms with E-state index in [9.17, 15) is 4.79 Å². The van der Waals surface area contributed by atoms with E-state index in [2.05, 4.69) is 10.3 Å². The van der Waals surface area contributed by atoms with Crippen LogP contribution < -0.4 is 11.1 Å². The summed E-state index contributed by atoms with van der Waals surface area (Å²) in [6, 6.07) is 1.37. The number of carbonyl (C=O) groups excluding carboxylic acids is 1. The van der Waals surface area contributed by atoms with Gasteiger partial charge in [-0.3, -0.25) is 4.98 Å². The van der Waals surface area contributed by atoms with E-state index in [0.717, 1.165) is 11.1 Å². The molecular weight excluding hydrogens is 178 g/mol. The van der Waals surface area contributed by atoms with Gasteiger partial charge in [0.2, 0.25) is 0 Å². The zero-order valence-corrected chi connectivity index (χ0v) is 8.87. The Bertz CT molecular complexity index is 286. The normalized spacial score (nSPS) is 8.50. The van der Waals surface area contributed by atoms with Crippen LogP contribution in [0.25, 0.3) is 0 Å². The lowest BCUT2D eigenvalue weighted by Gasteiger charge is -2.03. The second kappa shape index (κ2) is 6.88. The molecule has 0 saturated heterocycles. The van der Waals surface area contributed by atoms with Crippen LogP contribution in [0.2, 0.25) is 0 Å². The number of hydrogen-bond donors (Lipinski definition) is 2. The number of carbonyl (C=O) groups is 1. The standard InChI is InChI=1S/C8H11N3O.C2H6/c1-6-2-3-10-4-7(6)5-11-8(9)12;1-2/h2-4H,5H2,1H3,(H3,9,11,12);1-2H3. The molecule has 4 nitrogen and oxygen atoms in total. The topological polar surface area (TPSA) is 68.0 Å². The van der Waals surface area contributed by atoms with Gasteiger partial charge in [0.05, 0.1) is 0 Å². The minimum absolute atomic E-state index is 0.439. The van der Waals surface area contributed by atoms with Crippen LogP contribution in [0.4, 0.5) is 4.79 Å². The number of nitrogens with two attached hydrogens (primary N) is 1. The second-order valence-electron chi connectivity index (χ2n) is 2.52. The molecule has 1 aromatic heterocycles. The number of nitrogens with zero attached hydrogens (tertiary/aromatic N) is 1. The number of primary amides is 1. The summed E-state index contributed by atoms with van der Waals surface area (Å²) in [7, 11) is 0. The predicted molar refractivity (Wildman–Crippen MR) is 56.7 cm³/mol. The Balaban J connectivity index is 0.000000791. The van der Waals surface area contributed by atoms with Crippen molar-refractivity contribution in [3.63, 3.8) is 0 Å². The molecule has 14 heavy (non-hydrogen) atoms. The van der Waals surface area contributed by atoms with Crippen molar-refractivity contribution in [2.75, 3.05) is 0 Å². The molecule has 1 heterocycles. The van der Waals surface area contributed by atoms with Gasteiger partial charge in [-0.25, -0.2) is 4.79 Å². The van der Waals surface area contributed by atoms with Crippen molar-refractivity contribution in [3.05, 3.63) is 29.6 Å². The van der Waals surface area contributed by atoms with E-state index in [4.69, 9.17) is 5.73 Å². The van der Waals surface area contributed by atoms with Crippen LogP contribution in [0, 0.1) is 6.92 Å². The Hall–Kier alpha value is -1.58. The molecule has 78 valence electrons. The molecule has 0 aliphatic carbocycles. The van der Waals surface area contributed by atoms with E-state index in [1.54, 1.807) is 12.4 Å². The number of aromatic nitrogens is 1. The minimum Gasteiger partial charge on any atom is -0.352 e. The highest BCUT2D eigenvalue weighted by molar-refractivity contribution is 5.71. The molecule has 3 N–H and O–H groups in total. The van der Waals surface area contributed by atoms with Crippen molar-refractivity contribution in [1.29, 1.82) is 0 Å². The summed E-state index contributed by atoms with van der Waals surface area (Å²) >= 11 is 0. The first-order valence-corrected chi connectivity index (χ1v) is 4.63. The molecule has 0 aliphatic rings. The Morgan fingerprint density at radius 1 is 1.57 bits per heavy atom. The quantitative estimate of drug-likeness (QED) is 0.752. The van der Waals surface area contributed by atoms with Crippen LogP contribution in [-0.2, 0) is 6.54 Å². The van der Waals surface area contributed by atoms with E-state index in [1.807, 2.05) is 26.8 Å². The van der Waals surface area contributed by atoms with Gasteiger partial charge in [-0.15, -0.1) is 0 Å². The second-order valence-corrected chi connectivity index (χ2v) is 2.52. The average Bonchev–Trinajstić information content (AvgIpc) is 2.19. The van der Waals surface area contributed by atoms with Crippen molar-refractivity contribution >= 4 is 6.03 Å². The average molecular weight is 195 g/mol. The smallest absolute Gasteiger partial charge is 0.312 e. The Morgan fingerprint density at radius 3 is 2.71 bits per heavy atom. The molecule has 0 aliphatic heterocycles. The number of urea groups is 1. The molecule has 0 spiro atoms. The third kappa shape index (κ3) is 4.45. The van der Waals surface area contributed by atoms with E-state index in [-0.39, 0.29) is 0 Å². The summed E-state index contributed by atoms with van der Waals surface area (Å²) in [5.41, 5.74) is 7.00. The van der Waals surface area contributed by atoms with Gasteiger partial charge < -0.3 is 11.1 Å². The molecule has 0 bridgehead atoms. The molecule has 1 rings (SSSR count). The number of nitrogens with one attached hydrogen (secondary N) is 1. The molecule has 0 aromatic carbocycles. The van der Waals surface area contributed by atoms with Gasteiger partial charge in [0.1, 0.15) is 0 Å². The van der Waals surface area contributed by atoms with Gasteiger partial charge in [0, 0.05) is 18.9 Å². The number of hydrogen-bond acceptors (Lipinski definition) is 2. The highest BCUT2D eigenvalue weighted by atomic mass is 16.2. The SMILES string of the molecule is CC.Cc1ccncc1CNC(N)=O. The molecule has 2 amide bonds. The van der Waals surface area contributed by atoms with Crippen molar-refractivity contribution in [2.45, 2.75) is 27.3 Å². The molecule has 0 saturated carbocycles. The fraction of sp³-hybridized carbons (Fsp3) is 0.400. The lowest BCUT2D eigenvalue weighted by Crippen LogP contribution is -2.28. The van der Waals surface area contributed by atoms with Crippen molar-refractivity contribution in [1.82, 2.24) is 10.3 Å². The molecule has 4 heteroatoms. The zero-order chi connectivity index (χ0) is 11.0. The molecule has 0 radical (unpaired) electrons. The highest BCUT2D eigenvalue weighted by Gasteiger charge is 1.97. The molecule has 0 unspecified atom stereocenters. The monoisotopic (exact) mass is 195 g/mol. The van der Waals surface area contributed by atoms with Crippen LogP contribution in [0.1, 0.15) is 25.0 Å². The van der Waals surface area contributed by atoms with Crippen molar-refractivity contribution in [2.24, 2.45) is 5.73 Å². The van der Waals surface area contributed by atoms with Crippen LogP contribution in [0.5, 0.6) is 0 Å². The van der Waals surface area contributed by atoms with Crippen LogP contribution in [-0.4, -0.2) is 11.0 Å². The molecule has 1 aromatic rings. The molecular formula is C10H17N3O. The van der Waals surface area contributed by atoms with Crippen LogP contribution in [0.15, 0.2) is 18.5 Å². The van der Waals surface area contributed by atoms with Gasteiger partial charge >= 0.3 is 6.03 Å². The molecule has 0 fully saturated rings. The third-order valence-corrected chi connectivity index (χ3v) is 1.60. The number of aryl methyl sites for hydroxylation is 1. The van der Waals surface area contributed by atoms with Gasteiger partial charge in [-0.1, -0.05) is 13.8 Å². The number of pyridine rings is 1. The largest absolute Gasteiger partial charge is 0.352 e. The van der Waals surface area contributed by atoms with Crippen molar-refractivity contribution in [3.8, 4) is 0 Å². The van der Waals surface area contributed by atoms with E-state index >= 15 is 0 Å². The summed E-state index contributed by atoms with van der Waals surface area (Å²) in [5, 5.41) is 2.50. The van der Waals surface area contributed by atoms with Crippen molar-refractivity contribution < 1.29 is 4.79 Å². The summed E-state index contributed by atoms with van der Waals surface area (Å²) in [4.78, 5) is 14.3. The maximum absolute atomic E-state index is 10.4. The molecule has 0 atom stereocenters. The van der Waals surface area contributed by atoms with Crippen LogP contribution >= 0.6 is 0 Å². The number of rotatable bonds is 2. The van der Waals surface area contributed by atoms with E-state index in [0.29, 0.717) is 6.54 Å². The van der Waals surface area contributed by atoms with Gasteiger partial charge in [0.25, 0.3) is 0 Å². The summed E-state index contributed by atoms with van der Waals surface area (Å²) in [6.07, 6.45) is 3.42. The first kappa shape index (κ1) is 12.4. The summed E-state index contributed by atoms with van der Waals surface area (Å²) < 4.78 is 0. The minimum atomic E-state index is -0.516. The van der Waals surface area contributed by atoms with Gasteiger partial charge in [0.15, 0.2) is 0 Å². The maximum Gasteiger partial charge on any atom is 0.312 e. The van der Waals surface area contributed by atoms with Gasteiger partial charge in [-0.2, -0.15) is 0 Å². The third-order valence-electron chi connectivity index (χ3n) is 1.60. The van der Waals surface area contributed by atoms with E-state index < -0.39 is 6.03 Å². The van der Waals surface area contributed by atoms with E-state index in [1.165, 1.54) is 0 Å². The van der Waals surface area contributed by atoms with Gasteiger partial charge in [-0.05, 0) is 24.1 Å². The Kier molecular flexibility index (Phi) is 6.11. The summed E-state index contributed by atoms with van der Waals surface area (Å²) in [6.45, 7) is 6.40. The highest BCUT2D eigenvalue weighted by Crippen LogP contribution is 2.03.